The van der Waals surface area contributed by atoms with Crippen LogP contribution in [0.15, 0.2) is 28.8 Å². The van der Waals surface area contributed by atoms with Gasteiger partial charge in [-0.25, -0.2) is 0 Å². The van der Waals surface area contributed by atoms with Crippen LogP contribution in [0.3, 0.4) is 0 Å². The van der Waals surface area contributed by atoms with Crippen molar-refractivity contribution in [3.8, 4) is 11.5 Å². The molecule has 5 nitrogen and oxygen atoms in total. The lowest BCUT2D eigenvalue weighted by Gasteiger charge is -2.00. The molecule has 1 saturated heterocycles. The fourth-order valence-corrected chi connectivity index (χ4v) is 2.28. The van der Waals surface area contributed by atoms with E-state index >= 15 is 0 Å². The molecule has 1 atom stereocenters. The fraction of sp³-hybridized carbons (Fsp3) is 0.429. The maximum Gasteiger partial charge on any atom is 0.257 e. The van der Waals surface area contributed by atoms with Crippen molar-refractivity contribution in [2.24, 2.45) is 5.73 Å². The summed E-state index contributed by atoms with van der Waals surface area (Å²) in [6, 6.07) is 8.07. The van der Waals surface area contributed by atoms with E-state index in [0.717, 1.165) is 30.8 Å². The Kier molecular flexibility index (Phi) is 3.57. The van der Waals surface area contributed by atoms with E-state index in [1.54, 1.807) is 0 Å². The van der Waals surface area contributed by atoms with Gasteiger partial charge in [-0.3, -0.25) is 0 Å². The van der Waals surface area contributed by atoms with Crippen LogP contribution < -0.4 is 5.73 Å². The van der Waals surface area contributed by atoms with Gasteiger partial charge < -0.3 is 15.0 Å². The van der Waals surface area contributed by atoms with Gasteiger partial charge in [0, 0.05) is 18.1 Å². The summed E-state index contributed by atoms with van der Waals surface area (Å²) in [4.78, 5) is 4.47. The topological polar surface area (TPSA) is 74.2 Å². The molecule has 3 rings (SSSR count). The van der Waals surface area contributed by atoms with Crippen LogP contribution in [-0.2, 0) is 11.2 Å². The van der Waals surface area contributed by atoms with Crippen molar-refractivity contribution in [2.75, 3.05) is 19.8 Å². The predicted octanol–water partition coefficient (Wildman–Crippen LogP) is 1.74. The Balaban J connectivity index is 1.83. The first kappa shape index (κ1) is 12.3. The van der Waals surface area contributed by atoms with Gasteiger partial charge in [-0.2, -0.15) is 4.98 Å². The summed E-state index contributed by atoms with van der Waals surface area (Å²) in [7, 11) is 0. The van der Waals surface area contributed by atoms with E-state index in [2.05, 4.69) is 22.3 Å². The van der Waals surface area contributed by atoms with Crippen molar-refractivity contribution >= 4 is 0 Å². The third-order valence-corrected chi connectivity index (χ3v) is 3.34. The summed E-state index contributed by atoms with van der Waals surface area (Å²) in [5.41, 5.74) is 7.70. The molecule has 1 unspecified atom stereocenters. The minimum atomic E-state index is 0.268. The normalized spacial score (nSPS) is 18.9. The highest BCUT2D eigenvalue weighted by molar-refractivity contribution is 5.54. The molecule has 100 valence electrons. The molecule has 19 heavy (non-hydrogen) atoms. The zero-order chi connectivity index (χ0) is 13.1. The first-order chi connectivity index (χ1) is 9.36. The van der Waals surface area contributed by atoms with E-state index in [-0.39, 0.29) is 5.92 Å². The van der Waals surface area contributed by atoms with E-state index in [4.69, 9.17) is 15.0 Å². The smallest absolute Gasteiger partial charge is 0.257 e. The highest BCUT2D eigenvalue weighted by Crippen LogP contribution is 2.25. The van der Waals surface area contributed by atoms with Crippen molar-refractivity contribution in [3.05, 3.63) is 35.7 Å². The Morgan fingerprint density at radius 2 is 2.32 bits per heavy atom. The second-order valence-electron chi connectivity index (χ2n) is 4.76. The van der Waals surface area contributed by atoms with E-state index < -0.39 is 0 Å². The summed E-state index contributed by atoms with van der Waals surface area (Å²) in [5.74, 6) is 1.59. The second kappa shape index (κ2) is 5.50. The Morgan fingerprint density at radius 3 is 3.11 bits per heavy atom. The van der Waals surface area contributed by atoms with Crippen molar-refractivity contribution in [3.63, 3.8) is 0 Å². The number of nitrogens with zero attached hydrogens (tertiary/aromatic N) is 2. The molecule has 0 saturated carbocycles. The number of rotatable bonds is 4. The van der Waals surface area contributed by atoms with Gasteiger partial charge in [0.25, 0.3) is 5.89 Å². The fourth-order valence-electron chi connectivity index (χ4n) is 2.28. The van der Waals surface area contributed by atoms with Crippen LogP contribution >= 0.6 is 0 Å². The van der Waals surface area contributed by atoms with Crippen LogP contribution in [0.25, 0.3) is 11.5 Å². The molecule has 1 aliphatic rings. The zero-order valence-electron chi connectivity index (χ0n) is 10.7. The van der Waals surface area contributed by atoms with Crippen LogP contribution in [0.5, 0.6) is 0 Å². The molecule has 1 aromatic heterocycles. The van der Waals surface area contributed by atoms with Gasteiger partial charge in [0.1, 0.15) is 0 Å². The maximum atomic E-state index is 5.57. The number of hydrogen-bond acceptors (Lipinski definition) is 5. The van der Waals surface area contributed by atoms with Gasteiger partial charge in [-0.05, 0) is 37.1 Å². The number of nitrogens with two attached hydrogens (primary N) is 1. The van der Waals surface area contributed by atoms with Gasteiger partial charge in [0.15, 0.2) is 5.82 Å². The third-order valence-electron chi connectivity index (χ3n) is 3.34. The van der Waals surface area contributed by atoms with Crippen molar-refractivity contribution < 1.29 is 9.26 Å². The summed E-state index contributed by atoms with van der Waals surface area (Å²) in [5, 5.41) is 4.06. The monoisotopic (exact) mass is 259 g/mol. The summed E-state index contributed by atoms with van der Waals surface area (Å²) < 4.78 is 10.7. The summed E-state index contributed by atoms with van der Waals surface area (Å²) >= 11 is 0. The van der Waals surface area contributed by atoms with Gasteiger partial charge in [0.2, 0.25) is 0 Å². The van der Waals surface area contributed by atoms with Gasteiger partial charge in [-0.15, -0.1) is 0 Å². The highest BCUT2D eigenvalue weighted by atomic mass is 16.5. The molecular formula is C14H17N3O2. The zero-order valence-corrected chi connectivity index (χ0v) is 10.7. The molecule has 0 bridgehead atoms. The molecule has 0 spiro atoms. The number of benzene rings is 1. The molecule has 2 N–H and O–H groups in total. The quantitative estimate of drug-likeness (QED) is 0.905. The van der Waals surface area contributed by atoms with E-state index in [1.807, 2.05) is 12.1 Å². The van der Waals surface area contributed by atoms with E-state index in [9.17, 15) is 0 Å². The van der Waals surface area contributed by atoms with Crippen molar-refractivity contribution in [2.45, 2.75) is 18.8 Å². The summed E-state index contributed by atoms with van der Waals surface area (Å²) in [6.07, 6.45) is 1.82. The van der Waals surface area contributed by atoms with Crippen LogP contribution in [0.4, 0.5) is 0 Å². The predicted molar refractivity (Wildman–Crippen MR) is 70.7 cm³/mol. The molecule has 2 heterocycles. The minimum Gasteiger partial charge on any atom is -0.381 e. The number of hydrogen-bond donors (Lipinski definition) is 1. The Labute approximate surface area is 111 Å². The minimum absolute atomic E-state index is 0.268. The lowest BCUT2D eigenvalue weighted by Crippen LogP contribution is -2.02. The molecule has 0 aliphatic carbocycles. The average molecular weight is 259 g/mol. The van der Waals surface area contributed by atoms with Crippen molar-refractivity contribution in [1.29, 1.82) is 0 Å². The SMILES string of the molecule is NCCc1cccc(-c2nc(C3CCOC3)no2)c1. The van der Waals surface area contributed by atoms with Crippen LogP contribution in [0, 0.1) is 0 Å². The third kappa shape index (κ3) is 2.67. The lowest BCUT2D eigenvalue weighted by molar-refractivity contribution is 0.192. The molecule has 5 heteroatoms. The van der Waals surface area contributed by atoms with E-state index in [0.29, 0.717) is 19.0 Å². The average Bonchev–Trinajstić information content (AvgIpc) is 3.11. The standard InChI is InChI=1S/C14H17N3O2/c15-6-4-10-2-1-3-11(8-10)14-16-13(17-19-14)12-5-7-18-9-12/h1-3,8,12H,4-7,9,15H2. The Morgan fingerprint density at radius 1 is 1.37 bits per heavy atom. The molecule has 2 aromatic rings. The highest BCUT2D eigenvalue weighted by Gasteiger charge is 2.23. The molecule has 1 aromatic carbocycles. The van der Waals surface area contributed by atoms with Gasteiger partial charge >= 0.3 is 0 Å². The lowest BCUT2D eigenvalue weighted by atomic mass is 10.1. The molecule has 0 radical (unpaired) electrons. The first-order valence-corrected chi connectivity index (χ1v) is 6.57. The molecular weight excluding hydrogens is 242 g/mol. The van der Waals surface area contributed by atoms with Crippen LogP contribution in [0.2, 0.25) is 0 Å². The Bertz CT molecular complexity index is 547. The van der Waals surface area contributed by atoms with Gasteiger partial charge in [-0.1, -0.05) is 17.3 Å². The molecule has 1 aliphatic heterocycles. The van der Waals surface area contributed by atoms with Crippen molar-refractivity contribution in [1.82, 2.24) is 10.1 Å². The largest absolute Gasteiger partial charge is 0.381 e. The molecule has 1 fully saturated rings. The van der Waals surface area contributed by atoms with Gasteiger partial charge in [0.05, 0.1) is 6.61 Å². The van der Waals surface area contributed by atoms with Crippen LogP contribution in [-0.4, -0.2) is 29.9 Å². The Hall–Kier alpha value is -1.72. The van der Waals surface area contributed by atoms with Crippen LogP contribution in [0.1, 0.15) is 23.7 Å². The molecule has 0 amide bonds. The summed E-state index contributed by atoms with van der Waals surface area (Å²) in [6.45, 7) is 2.10. The number of ether oxygens (including phenoxy) is 1. The number of aromatic nitrogens is 2. The maximum absolute atomic E-state index is 5.57. The second-order valence-corrected chi connectivity index (χ2v) is 4.76. The first-order valence-electron chi connectivity index (χ1n) is 6.57. The van der Waals surface area contributed by atoms with E-state index in [1.165, 1.54) is 5.56 Å².